The fourth-order valence-corrected chi connectivity index (χ4v) is 5.05. The number of nitrogens with two attached hydrogens (primary N) is 2. The summed E-state index contributed by atoms with van der Waals surface area (Å²) in [5.74, 6) is -5.41. The Balaban J connectivity index is 1.72. The number of hydrogen-bond acceptors (Lipinski definition) is 10. The number of carbonyl (C=O) groups is 1. The minimum absolute atomic E-state index is 0.0681. The van der Waals surface area contributed by atoms with Gasteiger partial charge in [-0.2, -0.15) is 4.39 Å². The maximum atomic E-state index is 15.5. The molecule has 7 N–H and O–H groups in total. The normalized spacial score (nSPS) is 14.0. The Morgan fingerprint density at radius 3 is 2.56 bits per heavy atom. The summed E-state index contributed by atoms with van der Waals surface area (Å²) >= 11 is 1.23. The number of likely N-dealkylation sites (N-methyl/N-ethyl adjacent to an activating group) is 1. The van der Waals surface area contributed by atoms with E-state index in [4.69, 9.17) is 26.4 Å². The zero-order valence-electron chi connectivity index (χ0n) is 22.3. The Hall–Kier alpha value is -4.43. The fraction of sp³-hybridized carbons (Fsp3) is 0.259. The molecule has 0 spiro atoms. The van der Waals surface area contributed by atoms with Gasteiger partial charge >= 0.3 is 5.97 Å². The van der Waals surface area contributed by atoms with E-state index in [9.17, 15) is 19.4 Å². The zero-order valence-corrected chi connectivity index (χ0v) is 23.1. The van der Waals surface area contributed by atoms with Crippen LogP contribution in [-0.4, -0.2) is 68.7 Å². The number of amidine groups is 2. The molecule has 0 aliphatic carbocycles. The fourth-order valence-electron chi connectivity index (χ4n) is 3.90. The molecule has 14 heteroatoms. The molecule has 3 aromatic rings. The quantitative estimate of drug-likeness (QED) is 0.133. The van der Waals surface area contributed by atoms with E-state index in [1.165, 1.54) is 36.0 Å². The van der Waals surface area contributed by atoms with Crippen molar-refractivity contribution in [3.8, 4) is 28.9 Å². The highest BCUT2D eigenvalue weighted by atomic mass is 32.2. The van der Waals surface area contributed by atoms with Gasteiger partial charge in [-0.05, 0) is 50.2 Å². The number of carboxylic acids is 1. The number of aliphatic imine (C=N–C) groups is 1. The smallest absolute Gasteiger partial charge is 0.321 e. The summed E-state index contributed by atoms with van der Waals surface area (Å²) in [4.78, 5) is 22.1. The van der Waals surface area contributed by atoms with Crippen LogP contribution in [-0.2, 0) is 4.79 Å². The van der Waals surface area contributed by atoms with Crippen LogP contribution in [0.3, 0.4) is 0 Å². The number of carboxylic acid groups (broad SMARTS) is 1. The Labute approximate surface area is 238 Å². The van der Waals surface area contributed by atoms with Gasteiger partial charge in [0.05, 0.1) is 18.3 Å². The van der Waals surface area contributed by atoms with Gasteiger partial charge in [0, 0.05) is 28.8 Å². The summed E-state index contributed by atoms with van der Waals surface area (Å²) in [6, 6.07) is 7.44. The van der Waals surface area contributed by atoms with Gasteiger partial charge in [0.25, 0.3) is 5.88 Å². The Morgan fingerprint density at radius 2 is 1.93 bits per heavy atom. The first kappa shape index (κ1) is 29.6. The van der Waals surface area contributed by atoms with Crippen molar-refractivity contribution in [3.63, 3.8) is 0 Å². The van der Waals surface area contributed by atoms with E-state index in [0.717, 1.165) is 0 Å². The predicted molar refractivity (Wildman–Crippen MR) is 149 cm³/mol. The third kappa shape index (κ3) is 6.33. The number of aromatic hydroxyl groups is 1. The van der Waals surface area contributed by atoms with Crippen LogP contribution in [0.15, 0.2) is 52.5 Å². The molecule has 0 amide bonds. The molecule has 1 aromatic heterocycles. The van der Waals surface area contributed by atoms with Gasteiger partial charge in [0.15, 0.2) is 17.3 Å². The largest absolute Gasteiger partial charge is 0.504 e. The van der Waals surface area contributed by atoms with Crippen LogP contribution in [0.4, 0.5) is 8.78 Å². The molecule has 0 radical (unpaired) electrons. The van der Waals surface area contributed by atoms with Crippen molar-refractivity contribution >= 4 is 29.4 Å². The highest BCUT2D eigenvalue weighted by molar-refractivity contribution is 8.00. The van der Waals surface area contributed by atoms with Gasteiger partial charge in [-0.3, -0.25) is 15.2 Å². The second kappa shape index (κ2) is 11.6. The molecule has 0 fully saturated rings. The van der Waals surface area contributed by atoms with Crippen molar-refractivity contribution in [1.82, 2.24) is 9.88 Å². The van der Waals surface area contributed by atoms with E-state index in [1.54, 1.807) is 33.0 Å². The van der Waals surface area contributed by atoms with Crippen LogP contribution in [0.2, 0.25) is 0 Å². The van der Waals surface area contributed by atoms with Gasteiger partial charge in [-0.25, -0.2) is 9.37 Å². The average Bonchev–Trinajstić information content (AvgIpc) is 3.34. The molecule has 0 bridgehead atoms. The Kier molecular flexibility index (Phi) is 8.35. The van der Waals surface area contributed by atoms with Crippen LogP contribution in [0.1, 0.15) is 25.0 Å². The SMILES string of the molecule is CN1CCN=C1c1cc(SC(C)(C)C(N)C(=O)O)ccc1Oc1c(F)cnc(Oc2cc(C(=N)N)ccc2O)c1F. The second-order valence-corrected chi connectivity index (χ2v) is 11.4. The van der Waals surface area contributed by atoms with Crippen molar-refractivity contribution in [2.24, 2.45) is 16.5 Å². The van der Waals surface area contributed by atoms with Crippen molar-refractivity contribution in [1.29, 1.82) is 5.41 Å². The van der Waals surface area contributed by atoms with Crippen LogP contribution in [0.5, 0.6) is 28.9 Å². The predicted octanol–water partition coefficient (Wildman–Crippen LogP) is 3.91. The first-order valence-corrected chi connectivity index (χ1v) is 13.0. The molecule has 41 heavy (non-hydrogen) atoms. The molecule has 0 saturated heterocycles. The number of aromatic nitrogens is 1. The number of phenols is 1. The van der Waals surface area contributed by atoms with Crippen LogP contribution in [0, 0.1) is 17.0 Å². The molecule has 4 rings (SSSR count). The number of nitrogen functional groups attached to an aromatic ring is 1. The van der Waals surface area contributed by atoms with Gasteiger partial charge in [0.2, 0.25) is 11.6 Å². The molecule has 1 unspecified atom stereocenters. The number of aliphatic carboxylic acids is 1. The van der Waals surface area contributed by atoms with Crippen LogP contribution in [0.25, 0.3) is 0 Å². The number of rotatable bonds is 10. The summed E-state index contributed by atoms with van der Waals surface area (Å²) < 4.78 is 40.7. The molecule has 0 saturated carbocycles. The molecule has 2 heterocycles. The topological polar surface area (TPSA) is 180 Å². The van der Waals surface area contributed by atoms with Crippen molar-refractivity contribution < 1.29 is 33.3 Å². The first-order valence-electron chi connectivity index (χ1n) is 12.2. The van der Waals surface area contributed by atoms with Gasteiger partial charge in [0.1, 0.15) is 23.5 Å². The molecule has 11 nitrogen and oxygen atoms in total. The number of nitrogens with one attached hydrogen (secondary N) is 1. The van der Waals surface area contributed by atoms with E-state index >= 15 is 4.39 Å². The molecular weight excluding hydrogens is 558 g/mol. The highest BCUT2D eigenvalue weighted by Gasteiger charge is 2.34. The lowest BCUT2D eigenvalue weighted by Gasteiger charge is -2.28. The first-order chi connectivity index (χ1) is 19.3. The van der Waals surface area contributed by atoms with Crippen molar-refractivity contribution in [2.75, 3.05) is 20.1 Å². The van der Waals surface area contributed by atoms with Crippen LogP contribution < -0.4 is 20.9 Å². The molecule has 216 valence electrons. The van der Waals surface area contributed by atoms with E-state index in [1.807, 2.05) is 4.90 Å². The zero-order chi connectivity index (χ0) is 30.1. The van der Waals surface area contributed by atoms with Gasteiger partial charge < -0.3 is 36.1 Å². The minimum Gasteiger partial charge on any atom is -0.504 e. The monoisotopic (exact) mass is 586 g/mol. The lowest BCUT2D eigenvalue weighted by molar-refractivity contribution is -0.139. The summed E-state index contributed by atoms with van der Waals surface area (Å²) in [5.41, 5.74) is 12.0. The molecule has 2 aromatic carbocycles. The molecule has 1 aliphatic heterocycles. The number of pyridine rings is 1. The lowest BCUT2D eigenvalue weighted by atomic mass is 10.1. The number of hydrogen-bond donors (Lipinski definition) is 5. The van der Waals surface area contributed by atoms with Gasteiger partial charge in [-0.15, -0.1) is 11.8 Å². The molecular formula is C27H28F2N6O5S. The number of benzene rings is 2. The number of thioether (sulfide) groups is 1. The summed E-state index contributed by atoms with van der Waals surface area (Å²) in [7, 11) is 1.81. The molecule has 1 atom stereocenters. The average molecular weight is 587 g/mol. The highest BCUT2D eigenvalue weighted by Crippen LogP contribution is 2.40. The third-order valence-electron chi connectivity index (χ3n) is 6.24. The van der Waals surface area contributed by atoms with E-state index < -0.39 is 40.0 Å². The standard InChI is InChI=1S/C27H28F2N6O5S/c1-27(2,22(30)26(37)38)41-14-5-7-18(15(11-14)24-33-8-9-35(24)3)39-21-16(28)12-34-25(20(21)29)40-19-10-13(23(31)32)4-6-17(19)36/h4-7,10-12,22,36H,8-9,30H2,1-3H3,(H3,31,32)(H,37,38). The second-order valence-electron chi connectivity index (χ2n) is 9.66. The lowest BCUT2D eigenvalue weighted by Crippen LogP contribution is -2.46. The minimum atomic E-state index is -1.28. The summed E-state index contributed by atoms with van der Waals surface area (Å²) in [5, 5.41) is 27.1. The third-order valence-corrected chi connectivity index (χ3v) is 7.50. The maximum absolute atomic E-state index is 15.5. The van der Waals surface area contributed by atoms with E-state index in [2.05, 4.69) is 9.98 Å². The van der Waals surface area contributed by atoms with E-state index in [0.29, 0.717) is 35.6 Å². The summed E-state index contributed by atoms with van der Waals surface area (Å²) in [6.45, 7) is 4.51. The number of ether oxygens (including phenoxy) is 2. The van der Waals surface area contributed by atoms with Crippen molar-refractivity contribution in [2.45, 2.75) is 29.5 Å². The summed E-state index contributed by atoms with van der Waals surface area (Å²) in [6.07, 6.45) is 0.707. The Bertz CT molecular complexity index is 1550. The van der Waals surface area contributed by atoms with Crippen LogP contribution >= 0.6 is 11.8 Å². The Morgan fingerprint density at radius 1 is 1.20 bits per heavy atom. The maximum Gasteiger partial charge on any atom is 0.321 e. The van der Waals surface area contributed by atoms with Gasteiger partial charge in [-0.1, -0.05) is 0 Å². The molecule has 1 aliphatic rings. The number of phenolic OH excluding ortho intramolecular Hbond substituents is 1. The van der Waals surface area contributed by atoms with E-state index in [-0.39, 0.29) is 28.6 Å². The number of halogens is 2. The number of nitrogens with zero attached hydrogens (tertiary/aromatic N) is 3. The van der Waals surface area contributed by atoms with Crippen molar-refractivity contribution in [3.05, 3.63) is 65.4 Å².